The number of benzene rings is 2. The van der Waals surface area contributed by atoms with Gasteiger partial charge in [-0.25, -0.2) is 9.37 Å². The molecule has 2 amide bonds. The molecule has 0 atom stereocenters. The number of ether oxygens (including phenoxy) is 2. The highest BCUT2D eigenvalue weighted by Gasteiger charge is 2.38. The van der Waals surface area contributed by atoms with E-state index < -0.39 is 35.3 Å². The minimum atomic E-state index is -4.88. The highest BCUT2D eigenvalue weighted by atomic mass is 19.4. The van der Waals surface area contributed by atoms with Crippen LogP contribution in [0, 0.1) is 12.7 Å². The maximum absolute atomic E-state index is 15.1. The van der Waals surface area contributed by atoms with Crippen molar-refractivity contribution in [3.63, 3.8) is 0 Å². The number of hydrogen-bond donors (Lipinski definition) is 2. The Hall–Kier alpha value is -4.46. The van der Waals surface area contributed by atoms with Crippen LogP contribution in [0.5, 0.6) is 17.4 Å². The van der Waals surface area contributed by atoms with Gasteiger partial charge in [0.05, 0.1) is 23.9 Å². The number of nitrogens with zero attached hydrogens (tertiary/aromatic N) is 4. The van der Waals surface area contributed by atoms with Crippen molar-refractivity contribution < 1.29 is 36.6 Å². The van der Waals surface area contributed by atoms with Crippen LogP contribution in [0.3, 0.4) is 0 Å². The molecule has 10 nitrogen and oxygen atoms in total. The van der Waals surface area contributed by atoms with E-state index >= 15 is 4.39 Å². The Bertz CT molecular complexity index is 1570. The molecule has 0 bridgehead atoms. The van der Waals surface area contributed by atoms with Crippen molar-refractivity contribution in [2.24, 2.45) is 0 Å². The maximum atomic E-state index is 15.1. The topological polar surface area (TPSA) is 109 Å². The predicted molar refractivity (Wildman–Crippen MR) is 148 cm³/mol. The van der Waals surface area contributed by atoms with Gasteiger partial charge in [0.2, 0.25) is 11.8 Å². The van der Waals surface area contributed by atoms with Crippen LogP contribution in [0.2, 0.25) is 0 Å². The van der Waals surface area contributed by atoms with Gasteiger partial charge in [0, 0.05) is 31.9 Å². The summed E-state index contributed by atoms with van der Waals surface area (Å²) in [6.07, 6.45) is -2.90. The molecule has 228 valence electrons. The van der Waals surface area contributed by atoms with Crippen molar-refractivity contribution in [1.82, 2.24) is 25.1 Å². The van der Waals surface area contributed by atoms with E-state index in [1.165, 1.54) is 24.1 Å². The Morgan fingerprint density at radius 1 is 1.12 bits per heavy atom. The second-order valence-corrected chi connectivity index (χ2v) is 10.6. The molecule has 1 aromatic heterocycles. The van der Waals surface area contributed by atoms with Gasteiger partial charge in [0.1, 0.15) is 22.9 Å². The average molecular weight is 603 g/mol. The van der Waals surface area contributed by atoms with Gasteiger partial charge in [-0.3, -0.25) is 9.59 Å². The molecule has 43 heavy (non-hydrogen) atoms. The number of likely N-dealkylation sites (tertiary alicyclic amines) is 1. The quantitative estimate of drug-likeness (QED) is 0.368. The fraction of sp³-hybridized carbons (Fsp3) is 0.379. The number of piperidine rings is 1. The molecule has 5 rings (SSSR count). The number of aromatic nitrogens is 2. The molecular weight excluding hydrogens is 572 g/mol. The monoisotopic (exact) mass is 602 g/mol. The molecule has 3 aromatic rings. The van der Waals surface area contributed by atoms with Crippen LogP contribution >= 0.6 is 0 Å². The molecule has 2 aliphatic rings. The summed E-state index contributed by atoms with van der Waals surface area (Å²) < 4.78 is 67.8. The van der Waals surface area contributed by atoms with Gasteiger partial charge in [-0.05, 0) is 63.2 Å². The first-order valence-corrected chi connectivity index (χ1v) is 13.5. The van der Waals surface area contributed by atoms with Crippen LogP contribution in [0.15, 0.2) is 30.5 Å². The first kappa shape index (κ1) is 30.0. The number of halogens is 4. The number of aryl methyl sites for hydroxylation is 1. The summed E-state index contributed by atoms with van der Waals surface area (Å²) >= 11 is 0. The van der Waals surface area contributed by atoms with Crippen molar-refractivity contribution in [2.45, 2.75) is 38.5 Å². The van der Waals surface area contributed by atoms with Crippen molar-refractivity contribution in [1.29, 1.82) is 0 Å². The summed E-state index contributed by atoms with van der Waals surface area (Å²) in [4.78, 5) is 36.8. The van der Waals surface area contributed by atoms with E-state index in [0.717, 1.165) is 37.6 Å². The number of methoxy groups -OCH3 is 1. The summed E-state index contributed by atoms with van der Waals surface area (Å²) in [5.74, 6) is -3.16. The lowest BCUT2D eigenvalue weighted by molar-refractivity contribution is -0.139. The second-order valence-electron chi connectivity index (χ2n) is 10.6. The average Bonchev–Trinajstić information content (AvgIpc) is 3.26. The van der Waals surface area contributed by atoms with Gasteiger partial charge in [-0.15, -0.1) is 0 Å². The van der Waals surface area contributed by atoms with E-state index in [1.807, 2.05) is 7.05 Å². The second kappa shape index (κ2) is 11.7. The van der Waals surface area contributed by atoms with Crippen LogP contribution < -0.4 is 20.1 Å². The normalized spacial score (nSPS) is 15.8. The van der Waals surface area contributed by atoms with Gasteiger partial charge in [-0.1, -0.05) is 6.07 Å². The van der Waals surface area contributed by atoms with E-state index in [-0.39, 0.29) is 46.8 Å². The molecule has 1 saturated heterocycles. The summed E-state index contributed by atoms with van der Waals surface area (Å²) in [5.41, 5.74) is 0.0350. The predicted octanol–water partition coefficient (Wildman–Crippen LogP) is 4.90. The Balaban J connectivity index is 1.44. The molecular formula is C29H30F4N6O4. The third-order valence-corrected chi connectivity index (χ3v) is 7.56. The molecule has 0 aliphatic carbocycles. The van der Waals surface area contributed by atoms with Crippen molar-refractivity contribution >= 4 is 23.5 Å². The SMILES string of the molecule is COc1cc(C(=O)NC2CCN(C)CC2)c(F)cc1Nc1ncc(C(F)(F)F)c(Oc2ccc(C)c3c2C(=O)N(C)C3)n1. The van der Waals surface area contributed by atoms with E-state index in [0.29, 0.717) is 11.8 Å². The summed E-state index contributed by atoms with van der Waals surface area (Å²) in [6, 6.07) is 5.13. The van der Waals surface area contributed by atoms with Gasteiger partial charge >= 0.3 is 6.18 Å². The zero-order valence-corrected chi connectivity index (χ0v) is 23.9. The lowest BCUT2D eigenvalue weighted by atomic mass is 10.0. The largest absolute Gasteiger partial charge is 0.495 e. The molecule has 0 unspecified atom stereocenters. The van der Waals surface area contributed by atoms with Crippen LogP contribution in [0.25, 0.3) is 0 Å². The Morgan fingerprint density at radius 3 is 2.51 bits per heavy atom. The fourth-order valence-electron chi connectivity index (χ4n) is 5.09. The van der Waals surface area contributed by atoms with Crippen LogP contribution in [-0.2, 0) is 12.7 Å². The number of carbonyl (C=O) groups is 2. The summed E-state index contributed by atoms with van der Waals surface area (Å²) in [5, 5.41) is 5.49. The van der Waals surface area contributed by atoms with E-state index in [2.05, 4.69) is 25.5 Å². The standard InChI is InChI=1S/C29H30F4N6O4/c1-15-5-6-22(24-18(15)14-39(3)27(24)41)43-26-19(29(31,32)33)13-34-28(37-26)36-21-12-20(30)17(11-23(21)42-4)25(40)35-16-7-9-38(2)10-8-16/h5-6,11-13,16H,7-10,14H2,1-4H3,(H,35,40)(H,34,36,37). The lowest BCUT2D eigenvalue weighted by Crippen LogP contribution is -2.43. The molecule has 14 heteroatoms. The molecule has 0 radical (unpaired) electrons. The van der Waals surface area contributed by atoms with E-state index in [4.69, 9.17) is 9.47 Å². The maximum Gasteiger partial charge on any atom is 0.423 e. The lowest BCUT2D eigenvalue weighted by Gasteiger charge is -2.29. The number of nitrogens with one attached hydrogen (secondary N) is 2. The zero-order chi connectivity index (χ0) is 31.1. The number of carbonyl (C=O) groups excluding carboxylic acids is 2. The first-order chi connectivity index (χ1) is 20.3. The van der Waals surface area contributed by atoms with Crippen LogP contribution in [0.1, 0.15) is 50.2 Å². The Morgan fingerprint density at radius 2 is 1.84 bits per heavy atom. The highest BCUT2D eigenvalue weighted by molar-refractivity contribution is 6.01. The molecule has 0 saturated carbocycles. The molecule has 0 spiro atoms. The first-order valence-electron chi connectivity index (χ1n) is 13.5. The fourth-order valence-corrected chi connectivity index (χ4v) is 5.09. The molecule has 2 aromatic carbocycles. The van der Waals surface area contributed by atoms with Crippen molar-refractivity contribution in [3.8, 4) is 17.4 Å². The van der Waals surface area contributed by atoms with E-state index in [9.17, 15) is 22.8 Å². The summed E-state index contributed by atoms with van der Waals surface area (Å²) in [6.45, 7) is 3.69. The van der Waals surface area contributed by atoms with Gasteiger partial charge in [0.15, 0.2) is 0 Å². The smallest absolute Gasteiger partial charge is 0.423 e. The van der Waals surface area contributed by atoms with Crippen LogP contribution in [0.4, 0.5) is 29.2 Å². The number of rotatable bonds is 7. The third-order valence-electron chi connectivity index (χ3n) is 7.56. The molecule has 2 N–H and O–H groups in total. The molecule has 3 heterocycles. The Labute approximate surface area is 245 Å². The highest BCUT2D eigenvalue weighted by Crippen LogP contribution is 2.41. The van der Waals surface area contributed by atoms with Crippen molar-refractivity contribution in [2.75, 3.05) is 39.6 Å². The van der Waals surface area contributed by atoms with E-state index in [1.54, 1.807) is 20.0 Å². The number of amides is 2. The minimum absolute atomic E-state index is 0.0328. The summed E-state index contributed by atoms with van der Waals surface area (Å²) in [7, 11) is 4.86. The third kappa shape index (κ3) is 6.19. The number of anilines is 2. The minimum Gasteiger partial charge on any atom is -0.495 e. The van der Waals surface area contributed by atoms with Crippen molar-refractivity contribution in [3.05, 3.63) is 64.1 Å². The number of hydrogen-bond acceptors (Lipinski definition) is 8. The Kier molecular flexibility index (Phi) is 8.14. The zero-order valence-electron chi connectivity index (χ0n) is 23.9. The molecule has 1 fully saturated rings. The van der Waals surface area contributed by atoms with Crippen LogP contribution in [-0.4, -0.2) is 71.9 Å². The van der Waals surface area contributed by atoms with Gasteiger partial charge in [-0.2, -0.15) is 18.2 Å². The number of fused-ring (bicyclic) bond motifs is 1. The van der Waals surface area contributed by atoms with Gasteiger partial charge < -0.3 is 29.9 Å². The number of alkyl halides is 3. The molecule has 2 aliphatic heterocycles. The van der Waals surface area contributed by atoms with Gasteiger partial charge in [0.25, 0.3) is 11.8 Å².